The van der Waals surface area contributed by atoms with E-state index in [1.807, 2.05) is 0 Å². The smallest absolute Gasteiger partial charge is 0.330 e. The molecule has 0 radical (unpaired) electrons. The lowest BCUT2D eigenvalue weighted by Crippen LogP contribution is -2.08. The minimum Gasteiger partial charge on any atom is -0.490 e. The van der Waals surface area contributed by atoms with Crippen LogP contribution in [0.4, 0.5) is 0 Å². The van der Waals surface area contributed by atoms with Crippen LogP contribution in [0.15, 0.2) is 17.0 Å². The molecule has 9 heteroatoms. The molecule has 0 fully saturated rings. The molecule has 21 heavy (non-hydrogen) atoms. The summed E-state index contributed by atoms with van der Waals surface area (Å²) in [5.74, 6) is 0.0541. The highest BCUT2D eigenvalue weighted by molar-refractivity contribution is 7.90. The summed E-state index contributed by atoms with van der Waals surface area (Å²) in [5, 5.41) is 0. The lowest BCUT2D eigenvalue weighted by molar-refractivity contribution is 0.279. The van der Waals surface area contributed by atoms with E-state index in [9.17, 15) is 13.0 Å². The van der Waals surface area contributed by atoms with E-state index in [0.717, 1.165) is 6.26 Å². The van der Waals surface area contributed by atoms with Crippen LogP contribution in [0.2, 0.25) is 0 Å². The second-order valence-corrected chi connectivity index (χ2v) is 7.97. The first-order valence-corrected chi connectivity index (χ1v) is 9.95. The summed E-state index contributed by atoms with van der Waals surface area (Å²) in [7, 11) is -7.87. The predicted molar refractivity (Wildman–Crippen MR) is 77.6 cm³/mol. The van der Waals surface area contributed by atoms with Crippen LogP contribution in [0.1, 0.15) is 19.4 Å². The van der Waals surface area contributed by atoms with Crippen molar-refractivity contribution < 1.29 is 32.2 Å². The van der Waals surface area contributed by atoms with Gasteiger partial charge in [0.25, 0.3) is 0 Å². The first-order valence-electron chi connectivity index (χ1n) is 6.26. The summed E-state index contributed by atoms with van der Waals surface area (Å²) in [5.41, 5.74) is 0.209. The molecule has 1 aromatic carbocycles. The van der Waals surface area contributed by atoms with Gasteiger partial charge in [0.15, 0.2) is 21.3 Å². The number of sulfone groups is 1. The number of hydrogen-bond donors (Lipinski definition) is 2. The van der Waals surface area contributed by atoms with Crippen LogP contribution in [0.5, 0.6) is 11.5 Å². The molecule has 0 saturated carbocycles. The fourth-order valence-corrected chi connectivity index (χ4v) is 3.30. The highest BCUT2D eigenvalue weighted by Crippen LogP contribution is 2.46. The summed E-state index contributed by atoms with van der Waals surface area (Å²) in [6.45, 7) is 3.77. The maximum absolute atomic E-state index is 11.8. The molecular formula is C12H19O7PS. The van der Waals surface area contributed by atoms with E-state index < -0.39 is 23.6 Å². The van der Waals surface area contributed by atoms with Crippen molar-refractivity contribution in [3.05, 3.63) is 17.7 Å². The third-order valence-corrected chi connectivity index (χ3v) is 4.38. The second-order valence-electron chi connectivity index (χ2n) is 4.34. The lowest BCUT2D eigenvalue weighted by atomic mass is 10.2. The van der Waals surface area contributed by atoms with Crippen molar-refractivity contribution in [2.24, 2.45) is 0 Å². The van der Waals surface area contributed by atoms with Gasteiger partial charge in [-0.1, -0.05) is 6.07 Å². The van der Waals surface area contributed by atoms with Crippen LogP contribution in [0, 0.1) is 0 Å². The van der Waals surface area contributed by atoms with Gasteiger partial charge in [-0.05, 0) is 19.9 Å². The van der Waals surface area contributed by atoms with E-state index in [1.54, 1.807) is 13.8 Å². The topological polar surface area (TPSA) is 110 Å². The van der Waals surface area contributed by atoms with Crippen LogP contribution in [-0.2, 0) is 20.6 Å². The zero-order chi connectivity index (χ0) is 16.3. The standard InChI is InChI=1S/C12H19O7PS/c1-4-18-11-9(8-20(13,14)15)6-7-10(21(3,16)17)12(11)19-5-2/h6-7H,4-5,8H2,1-3H3,(H2,13,14,15). The normalized spacial score (nSPS) is 12.2. The van der Waals surface area contributed by atoms with E-state index >= 15 is 0 Å². The number of hydrogen-bond acceptors (Lipinski definition) is 5. The summed E-state index contributed by atoms with van der Waals surface area (Å²) in [4.78, 5) is 18.2. The molecule has 0 heterocycles. The Kier molecular flexibility index (Phi) is 5.81. The zero-order valence-electron chi connectivity index (χ0n) is 12.1. The van der Waals surface area contributed by atoms with Crippen molar-refractivity contribution >= 4 is 17.4 Å². The van der Waals surface area contributed by atoms with E-state index in [1.165, 1.54) is 12.1 Å². The molecule has 1 rings (SSSR count). The van der Waals surface area contributed by atoms with Gasteiger partial charge in [0, 0.05) is 11.8 Å². The van der Waals surface area contributed by atoms with Gasteiger partial charge in [0.05, 0.1) is 19.4 Å². The molecule has 0 saturated heterocycles. The molecule has 2 N–H and O–H groups in total. The van der Waals surface area contributed by atoms with Gasteiger partial charge in [-0.25, -0.2) is 8.42 Å². The van der Waals surface area contributed by atoms with Crippen LogP contribution in [0.3, 0.4) is 0 Å². The zero-order valence-corrected chi connectivity index (χ0v) is 13.8. The highest BCUT2D eigenvalue weighted by Gasteiger charge is 2.25. The minimum atomic E-state index is -4.32. The molecule has 0 aromatic heterocycles. The van der Waals surface area contributed by atoms with Gasteiger partial charge in [-0.15, -0.1) is 0 Å². The Balaban J connectivity index is 3.55. The Morgan fingerprint density at radius 1 is 1.10 bits per heavy atom. The van der Waals surface area contributed by atoms with Gasteiger partial charge >= 0.3 is 7.60 Å². The van der Waals surface area contributed by atoms with Gasteiger partial charge in [0.2, 0.25) is 0 Å². The van der Waals surface area contributed by atoms with Crippen LogP contribution >= 0.6 is 7.60 Å². The summed E-state index contributed by atoms with van der Waals surface area (Å²) in [6.07, 6.45) is 0.482. The summed E-state index contributed by atoms with van der Waals surface area (Å²) < 4.78 is 45.5. The molecule has 0 amide bonds. The molecular weight excluding hydrogens is 319 g/mol. The second kappa shape index (κ2) is 6.79. The molecule has 120 valence electrons. The third kappa shape index (κ3) is 5.00. The highest BCUT2D eigenvalue weighted by atomic mass is 32.2. The SMILES string of the molecule is CCOc1c(CP(=O)(O)O)ccc(S(C)(=O)=O)c1OCC. The van der Waals surface area contributed by atoms with Crippen molar-refractivity contribution in [2.45, 2.75) is 24.9 Å². The Bertz CT molecular complexity index is 648. The molecule has 0 unspecified atom stereocenters. The molecule has 0 aliphatic rings. The first-order chi connectivity index (χ1) is 9.60. The molecule has 0 aliphatic heterocycles. The molecule has 1 aromatic rings. The summed E-state index contributed by atoms with van der Waals surface area (Å²) in [6, 6.07) is 2.61. The molecule has 7 nitrogen and oxygen atoms in total. The van der Waals surface area contributed by atoms with Crippen molar-refractivity contribution in [1.29, 1.82) is 0 Å². The molecule has 0 spiro atoms. The van der Waals surface area contributed by atoms with Gasteiger partial charge in [-0.2, -0.15) is 0 Å². The maximum atomic E-state index is 11.8. The fourth-order valence-electron chi connectivity index (χ4n) is 1.81. The molecule has 0 atom stereocenters. The summed E-state index contributed by atoms with van der Waals surface area (Å²) >= 11 is 0. The Labute approximate surface area is 124 Å². The number of rotatable bonds is 7. The van der Waals surface area contributed by atoms with Gasteiger partial charge in [-0.3, -0.25) is 4.57 Å². The van der Waals surface area contributed by atoms with E-state index in [0.29, 0.717) is 0 Å². The van der Waals surface area contributed by atoms with Crippen LogP contribution in [-0.4, -0.2) is 37.7 Å². The lowest BCUT2D eigenvalue weighted by Gasteiger charge is -2.18. The Morgan fingerprint density at radius 2 is 1.62 bits per heavy atom. The maximum Gasteiger partial charge on any atom is 0.330 e. The number of benzene rings is 1. The van der Waals surface area contributed by atoms with Crippen molar-refractivity contribution in [2.75, 3.05) is 19.5 Å². The van der Waals surface area contributed by atoms with Gasteiger partial charge in [0.1, 0.15) is 4.90 Å². The predicted octanol–water partition coefficient (Wildman–Crippen LogP) is 1.57. The average Bonchev–Trinajstić information content (AvgIpc) is 2.30. The third-order valence-electron chi connectivity index (χ3n) is 2.51. The Hall–Kier alpha value is -1.08. The van der Waals surface area contributed by atoms with Crippen molar-refractivity contribution in [3.8, 4) is 11.5 Å². The minimum absolute atomic E-state index is 0.00667. The monoisotopic (exact) mass is 338 g/mol. The van der Waals surface area contributed by atoms with Crippen LogP contribution < -0.4 is 9.47 Å². The van der Waals surface area contributed by atoms with Crippen molar-refractivity contribution in [1.82, 2.24) is 0 Å². The molecule has 0 aliphatic carbocycles. The average molecular weight is 338 g/mol. The van der Waals surface area contributed by atoms with E-state index in [-0.39, 0.29) is 35.2 Å². The number of ether oxygens (including phenoxy) is 2. The van der Waals surface area contributed by atoms with Crippen LogP contribution in [0.25, 0.3) is 0 Å². The molecule has 0 bridgehead atoms. The quantitative estimate of drug-likeness (QED) is 0.726. The van der Waals surface area contributed by atoms with Gasteiger partial charge < -0.3 is 19.3 Å². The van der Waals surface area contributed by atoms with E-state index in [2.05, 4.69) is 0 Å². The Morgan fingerprint density at radius 3 is 2.05 bits per heavy atom. The largest absolute Gasteiger partial charge is 0.490 e. The fraction of sp³-hybridized carbons (Fsp3) is 0.500. The van der Waals surface area contributed by atoms with E-state index in [4.69, 9.17) is 19.3 Å². The van der Waals surface area contributed by atoms with Crippen molar-refractivity contribution in [3.63, 3.8) is 0 Å². The first kappa shape index (κ1) is 18.0.